The van der Waals surface area contributed by atoms with Crippen LogP contribution < -0.4 is 9.47 Å². The number of halogens is 1. The van der Waals surface area contributed by atoms with E-state index in [-0.39, 0.29) is 12.5 Å². The van der Waals surface area contributed by atoms with Crippen molar-refractivity contribution in [2.45, 2.75) is 13.5 Å². The largest absolute Gasteiger partial charge is 0.494 e. The summed E-state index contributed by atoms with van der Waals surface area (Å²) in [5.41, 5.74) is 1.26. The van der Waals surface area contributed by atoms with Crippen molar-refractivity contribution in [2.75, 3.05) is 39.4 Å². The van der Waals surface area contributed by atoms with Gasteiger partial charge in [-0.05, 0) is 48.9 Å². The highest BCUT2D eigenvalue weighted by molar-refractivity contribution is 9.10. The van der Waals surface area contributed by atoms with E-state index in [2.05, 4.69) is 33.0 Å². The van der Waals surface area contributed by atoms with E-state index in [9.17, 15) is 4.79 Å². The minimum absolute atomic E-state index is 0.0404. The Morgan fingerprint density at radius 3 is 2.15 bits per heavy atom. The number of nitrogens with zero attached hydrogens (tertiary/aromatic N) is 2. The zero-order chi connectivity index (χ0) is 19.1. The van der Waals surface area contributed by atoms with Crippen molar-refractivity contribution in [3.8, 4) is 11.5 Å². The van der Waals surface area contributed by atoms with Crippen molar-refractivity contribution >= 4 is 21.8 Å². The Hall–Kier alpha value is -2.05. The number of amides is 1. The molecule has 1 heterocycles. The van der Waals surface area contributed by atoms with Gasteiger partial charge in [0.05, 0.1) is 6.61 Å². The predicted molar refractivity (Wildman–Crippen MR) is 109 cm³/mol. The molecule has 0 radical (unpaired) electrons. The molecule has 0 aliphatic carbocycles. The minimum atomic E-state index is 0.0404. The molecule has 5 nitrogen and oxygen atoms in total. The third-order valence-corrected chi connectivity index (χ3v) is 5.07. The molecular weight excluding hydrogens is 408 g/mol. The van der Waals surface area contributed by atoms with Gasteiger partial charge in [-0.3, -0.25) is 9.69 Å². The van der Waals surface area contributed by atoms with Gasteiger partial charge in [0.15, 0.2) is 6.61 Å². The lowest BCUT2D eigenvalue weighted by atomic mass is 10.2. The Bertz CT molecular complexity index is 726. The van der Waals surface area contributed by atoms with E-state index in [1.807, 2.05) is 48.2 Å². The Labute approximate surface area is 169 Å². The number of piperazine rings is 1. The van der Waals surface area contributed by atoms with E-state index < -0.39 is 0 Å². The molecule has 144 valence electrons. The Morgan fingerprint density at radius 2 is 1.52 bits per heavy atom. The van der Waals surface area contributed by atoms with E-state index in [1.54, 1.807) is 0 Å². The van der Waals surface area contributed by atoms with Crippen molar-refractivity contribution in [1.82, 2.24) is 9.80 Å². The average Bonchev–Trinajstić information content (AvgIpc) is 2.70. The topological polar surface area (TPSA) is 42.0 Å². The standard InChI is InChI=1S/C21H25BrN2O3/c1-2-26-19-7-3-17(4-8-19)15-23-11-13-24(14-12-23)21(25)16-27-20-9-5-18(22)6-10-20/h3-10H,2,11-16H2,1H3. The van der Waals surface area contributed by atoms with Gasteiger partial charge in [0.2, 0.25) is 0 Å². The van der Waals surface area contributed by atoms with Gasteiger partial charge in [-0.15, -0.1) is 0 Å². The highest BCUT2D eigenvalue weighted by atomic mass is 79.9. The second-order valence-electron chi connectivity index (χ2n) is 6.48. The van der Waals surface area contributed by atoms with Gasteiger partial charge >= 0.3 is 0 Å². The van der Waals surface area contributed by atoms with Crippen molar-refractivity contribution in [1.29, 1.82) is 0 Å². The molecule has 0 atom stereocenters. The molecule has 27 heavy (non-hydrogen) atoms. The first kappa shape index (κ1) is 19.7. The van der Waals surface area contributed by atoms with Crippen LogP contribution in [0, 0.1) is 0 Å². The van der Waals surface area contributed by atoms with Crippen molar-refractivity contribution in [2.24, 2.45) is 0 Å². The fourth-order valence-corrected chi connectivity index (χ4v) is 3.30. The number of carbonyl (C=O) groups is 1. The first-order chi connectivity index (χ1) is 13.1. The number of rotatable bonds is 7. The van der Waals surface area contributed by atoms with Gasteiger partial charge in [0.1, 0.15) is 11.5 Å². The fraction of sp³-hybridized carbons (Fsp3) is 0.381. The maximum absolute atomic E-state index is 12.4. The van der Waals surface area contributed by atoms with Crippen LogP contribution in [0.15, 0.2) is 53.0 Å². The lowest BCUT2D eigenvalue weighted by Crippen LogP contribution is -2.49. The van der Waals surface area contributed by atoms with E-state index >= 15 is 0 Å². The normalized spacial score (nSPS) is 14.8. The van der Waals surface area contributed by atoms with E-state index in [4.69, 9.17) is 9.47 Å². The average molecular weight is 433 g/mol. The van der Waals surface area contributed by atoms with Gasteiger partial charge in [0, 0.05) is 37.2 Å². The summed E-state index contributed by atoms with van der Waals surface area (Å²) in [6, 6.07) is 15.7. The third kappa shape index (κ3) is 5.97. The maximum atomic E-state index is 12.4. The molecule has 1 aliphatic heterocycles. The second kappa shape index (κ2) is 9.76. The van der Waals surface area contributed by atoms with Crippen molar-refractivity contribution in [3.05, 3.63) is 58.6 Å². The van der Waals surface area contributed by atoms with E-state index in [0.717, 1.165) is 42.9 Å². The molecule has 0 spiro atoms. The van der Waals surface area contributed by atoms with Crippen LogP contribution in [-0.4, -0.2) is 55.1 Å². The van der Waals surface area contributed by atoms with Gasteiger partial charge in [0.25, 0.3) is 5.91 Å². The summed E-state index contributed by atoms with van der Waals surface area (Å²) in [6.07, 6.45) is 0. The number of ether oxygens (including phenoxy) is 2. The number of carbonyl (C=O) groups excluding carboxylic acids is 1. The lowest BCUT2D eigenvalue weighted by Gasteiger charge is -2.34. The molecule has 2 aromatic carbocycles. The first-order valence-corrected chi connectivity index (χ1v) is 10.0. The van der Waals surface area contributed by atoms with Gasteiger partial charge < -0.3 is 14.4 Å². The Balaban J connectivity index is 1.41. The third-order valence-electron chi connectivity index (χ3n) is 4.54. The quantitative estimate of drug-likeness (QED) is 0.670. The molecule has 0 saturated carbocycles. The molecule has 0 aromatic heterocycles. The number of hydrogen-bond acceptors (Lipinski definition) is 4. The zero-order valence-corrected chi connectivity index (χ0v) is 17.2. The Kier molecular flexibility index (Phi) is 7.12. The van der Waals surface area contributed by atoms with Crippen LogP contribution in [0.1, 0.15) is 12.5 Å². The highest BCUT2D eigenvalue weighted by Gasteiger charge is 2.21. The maximum Gasteiger partial charge on any atom is 0.260 e. The molecule has 0 bridgehead atoms. The summed E-state index contributed by atoms with van der Waals surface area (Å²) in [5.74, 6) is 1.65. The van der Waals surface area contributed by atoms with Gasteiger partial charge in [-0.2, -0.15) is 0 Å². The fourth-order valence-electron chi connectivity index (χ4n) is 3.04. The smallest absolute Gasteiger partial charge is 0.260 e. The molecule has 1 fully saturated rings. The van der Waals surface area contributed by atoms with Crippen LogP contribution in [0.2, 0.25) is 0 Å². The second-order valence-corrected chi connectivity index (χ2v) is 7.39. The van der Waals surface area contributed by atoms with Gasteiger partial charge in [-0.25, -0.2) is 0 Å². The zero-order valence-electron chi connectivity index (χ0n) is 15.6. The van der Waals surface area contributed by atoms with Crippen LogP contribution in [0.5, 0.6) is 11.5 Å². The van der Waals surface area contributed by atoms with E-state index in [1.165, 1.54) is 5.56 Å². The number of hydrogen-bond donors (Lipinski definition) is 0. The first-order valence-electron chi connectivity index (χ1n) is 9.24. The summed E-state index contributed by atoms with van der Waals surface area (Å²) in [4.78, 5) is 16.6. The molecule has 2 aromatic rings. The summed E-state index contributed by atoms with van der Waals surface area (Å²) in [5, 5.41) is 0. The summed E-state index contributed by atoms with van der Waals surface area (Å²) < 4.78 is 12.1. The van der Waals surface area contributed by atoms with Gasteiger partial charge in [-0.1, -0.05) is 28.1 Å². The lowest BCUT2D eigenvalue weighted by molar-refractivity contribution is -0.135. The molecule has 1 saturated heterocycles. The molecule has 6 heteroatoms. The SMILES string of the molecule is CCOc1ccc(CN2CCN(C(=O)COc3ccc(Br)cc3)CC2)cc1. The van der Waals surface area contributed by atoms with Crippen LogP contribution >= 0.6 is 15.9 Å². The molecular formula is C21H25BrN2O3. The van der Waals surface area contributed by atoms with Crippen LogP contribution in [0.4, 0.5) is 0 Å². The van der Waals surface area contributed by atoms with Crippen molar-refractivity contribution < 1.29 is 14.3 Å². The van der Waals surface area contributed by atoms with Crippen LogP contribution in [0.3, 0.4) is 0 Å². The van der Waals surface area contributed by atoms with Crippen LogP contribution in [-0.2, 0) is 11.3 Å². The predicted octanol–water partition coefficient (Wildman–Crippen LogP) is 3.57. The highest BCUT2D eigenvalue weighted by Crippen LogP contribution is 2.17. The molecule has 0 unspecified atom stereocenters. The van der Waals surface area contributed by atoms with E-state index in [0.29, 0.717) is 12.4 Å². The van der Waals surface area contributed by atoms with Crippen LogP contribution in [0.25, 0.3) is 0 Å². The summed E-state index contributed by atoms with van der Waals surface area (Å²) in [6.45, 7) is 6.86. The number of benzene rings is 2. The molecule has 1 amide bonds. The minimum Gasteiger partial charge on any atom is -0.494 e. The van der Waals surface area contributed by atoms with Crippen molar-refractivity contribution in [3.63, 3.8) is 0 Å². The summed E-state index contributed by atoms with van der Waals surface area (Å²) >= 11 is 3.39. The molecule has 0 N–H and O–H groups in total. The molecule has 1 aliphatic rings. The summed E-state index contributed by atoms with van der Waals surface area (Å²) in [7, 11) is 0. The Morgan fingerprint density at radius 1 is 0.926 bits per heavy atom. The molecule has 3 rings (SSSR count). The monoisotopic (exact) mass is 432 g/mol.